The first-order valence-corrected chi connectivity index (χ1v) is 7.45. The summed E-state index contributed by atoms with van der Waals surface area (Å²) in [7, 11) is 0. The summed E-state index contributed by atoms with van der Waals surface area (Å²) in [5.74, 6) is 0.575. The van der Waals surface area contributed by atoms with Crippen LogP contribution in [-0.4, -0.2) is 36.5 Å². The predicted molar refractivity (Wildman–Crippen MR) is 89.9 cm³/mol. The van der Waals surface area contributed by atoms with Crippen molar-refractivity contribution in [1.82, 2.24) is 4.90 Å². The molecule has 118 valence electrons. The molecular formula is C16H26ClN3O. The lowest BCUT2D eigenvalue weighted by atomic mass is 10.0. The van der Waals surface area contributed by atoms with Crippen molar-refractivity contribution < 1.29 is 4.79 Å². The highest BCUT2D eigenvalue weighted by molar-refractivity contribution is 5.92. The number of carbonyl (C=O) groups is 1. The van der Waals surface area contributed by atoms with E-state index in [0.717, 1.165) is 31.6 Å². The first-order valence-electron chi connectivity index (χ1n) is 7.45. The van der Waals surface area contributed by atoms with E-state index in [4.69, 9.17) is 5.73 Å². The molecule has 0 aromatic heterocycles. The van der Waals surface area contributed by atoms with Crippen molar-refractivity contribution >= 4 is 24.0 Å². The summed E-state index contributed by atoms with van der Waals surface area (Å²) in [5.41, 5.74) is 8.06. The molecule has 2 atom stereocenters. The molecule has 0 spiro atoms. The molecule has 1 aliphatic heterocycles. The molecule has 1 aliphatic rings. The fourth-order valence-corrected chi connectivity index (χ4v) is 2.66. The van der Waals surface area contributed by atoms with Crippen LogP contribution in [0, 0.1) is 5.92 Å². The Morgan fingerprint density at radius 1 is 1.43 bits per heavy atom. The van der Waals surface area contributed by atoms with Crippen LogP contribution in [0.4, 0.5) is 5.69 Å². The van der Waals surface area contributed by atoms with E-state index in [1.54, 1.807) is 0 Å². The monoisotopic (exact) mass is 311 g/mol. The quantitative estimate of drug-likeness (QED) is 0.877. The summed E-state index contributed by atoms with van der Waals surface area (Å²) >= 11 is 0. The van der Waals surface area contributed by atoms with Gasteiger partial charge in [-0.1, -0.05) is 19.1 Å². The number of hydrogen-bond acceptors (Lipinski definition) is 3. The Morgan fingerprint density at radius 2 is 2.10 bits per heavy atom. The second kappa shape index (κ2) is 8.37. The van der Waals surface area contributed by atoms with Gasteiger partial charge in [-0.25, -0.2) is 0 Å². The maximum absolute atomic E-state index is 12.0. The zero-order chi connectivity index (χ0) is 14.5. The number of nitrogens with two attached hydrogens (primary N) is 1. The molecule has 21 heavy (non-hydrogen) atoms. The second-order valence-electron chi connectivity index (χ2n) is 5.74. The van der Waals surface area contributed by atoms with E-state index in [1.165, 1.54) is 5.56 Å². The van der Waals surface area contributed by atoms with Crippen LogP contribution in [0.2, 0.25) is 0 Å². The number of carbonyl (C=O) groups excluding carboxylic acids is 1. The Bertz CT molecular complexity index is 447. The number of halogens is 1. The number of benzene rings is 1. The summed E-state index contributed by atoms with van der Waals surface area (Å²) < 4.78 is 0. The highest BCUT2D eigenvalue weighted by atomic mass is 35.5. The molecule has 1 aromatic carbocycles. The molecule has 0 radical (unpaired) electrons. The maximum atomic E-state index is 12.0. The van der Waals surface area contributed by atoms with Gasteiger partial charge in [-0.15, -0.1) is 12.4 Å². The molecule has 1 fully saturated rings. The van der Waals surface area contributed by atoms with E-state index in [-0.39, 0.29) is 24.4 Å². The van der Waals surface area contributed by atoms with E-state index in [9.17, 15) is 4.79 Å². The molecular weight excluding hydrogens is 286 g/mol. The van der Waals surface area contributed by atoms with E-state index < -0.39 is 0 Å². The van der Waals surface area contributed by atoms with Gasteiger partial charge in [0.25, 0.3) is 0 Å². The lowest BCUT2D eigenvalue weighted by Crippen LogP contribution is -2.34. The van der Waals surface area contributed by atoms with Gasteiger partial charge in [0, 0.05) is 18.3 Å². The van der Waals surface area contributed by atoms with E-state index in [2.05, 4.69) is 29.3 Å². The van der Waals surface area contributed by atoms with Gasteiger partial charge in [-0.05, 0) is 49.9 Å². The van der Waals surface area contributed by atoms with Crippen LogP contribution < -0.4 is 11.1 Å². The summed E-state index contributed by atoms with van der Waals surface area (Å²) in [5, 5.41) is 2.95. The zero-order valence-electron chi connectivity index (χ0n) is 12.8. The standard InChI is InChI=1S/C16H25N3O.ClH/c1-3-13-4-6-15(7-5-13)18-16(20)11-19-9-8-14(10-19)12(2)17;/h4-7,12,14H,3,8-11,17H2,1-2H3,(H,18,20);1H. The average Bonchev–Trinajstić information content (AvgIpc) is 2.88. The number of rotatable bonds is 5. The van der Waals surface area contributed by atoms with Crippen molar-refractivity contribution in [2.75, 3.05) is 25.0 Å². The fourth-order valence-electron chi connectivity index (χ4n) is 2.66. The molecule has 2 unspecified atom stereocenters. The first kappa shape index (κ1) is 18.0. The minimum atomic E-state index is 0. The smallest absolute Gasteiger partial charge is 0.238 e. The number of nitrogens with one attached hydrogen (secondary N) is 1. The number of likely N-dealkylation sites (tertiary alicyclic amines) is 1. The fraction of sp³-hybridized carbons (Fsp3) is 0.562. The normalized spacial score (nSPS) is 19.9. The Morgan fingerprint density at radius 3 is 2.62 bits per heavy atom. The van der Waals surface area contributed by atoms with Gasteiger partial charge in [0.05, 0.1) is 6.54 Å². The molecule has 1 heterocycles. The van der Waals surface area contributed by atoms with Gasteiger partial charge < -0.3 is 11.1 Å². The molecule has 0 saturated carbocycles. The lowest BCUT2D eigenvalue weighted by Gasteiger charge is -2.17. The summed E-state index contributed by atoms with van der Waals surface area (Å²) in [4.78, 5) is 14.2. The Hall–Kier alpha value is -1.10. The average molecular weight is 312 g/mol. The van der Waals surface area contributed by atoms with Crippen LogP contribution in [0.5, 0.6) is 0 Å². The maximum Gasteiger partial charge on any atom is 0.238 e. The molecule has 1 saturated heterocycles. The highest BCUT2D eigenvalue weighted by Crippen LogP contribution is 2.18. The molecule has 5 heteroatoms. The van der Waals surface area contributed by atoms with Gasteiger partial charge in [-0.3, -0.25) is 9.69 Å². The van der Waals surface area contributed by atoms with Crippen molar-refractivity contribution in [2.24, 2.45) is 11.7 Å². The van der Waals surface area contributed by atoms with Crippen LogP contribution in [0.15, 0.2) is 24.3 Å². The van der Waals surface area contributed by atoms with Crippen LogP contribution in [0.25, 0.3) is 0 Å². The van der Waals surface area contributed by atoms with Crippen molar-refractivity contribution in [3.05, 3.63) is 29.8 Å². The number of hydrogen-bond donors (Lipinski definition) is 2. The third-order valence-electron chi connectivity index (χ3n) is 4.07. The van der Waals surface area contributed by atoms with Crippen LogP contribution in [0.1, 0.15) is 25.8 Å². The third-order valence-corrected chi connectivity index (χ3v) is 4.07. The topological polar surface area (TPSA) is 58.4 Å². The largest absolute Gasteiger partial charge is 0.328 e. The van der Waals surface area contributed by atoms with Crippen molar-refractivity contribution in [1.29, 1.82) is 0 Å². The Labute approximate surface area is 133 Å². The van der Waals surface area contributed by atoms with E-state index in [0.29, 0.717) is 12.5 Å². The SMILES string of the molecule is CCc1ccc(NC(=O)CN2CCC(C(C)N)C2)cc1.Cl. The minimum absolute atomic E-state index is 0. The van der Waals surface area contributed by atoms with Gasteiger partial charge in [0.15, 0.2) is 0 Å². The summed E-state index contributed by atoms with van der Waals surface area (Å²) in [6.45, 7) is 6.52. The highest BCUT2D eigenvalue weighted by Gasteiger charge is 2.26. The molecule has 1 amide bonds. The third kappa shape index (κ3) is 5.30. The van der Waals surface area contributed by atoms with Crippen molar-refractivity contribution in [3.8, 4) is 0 Å². The predicted octanol–water partition coefficient (Wildman–Crippen LogP) is 2.28. The zero-order valence-corrected chi connectivity index (χ0v) is 13.7. The molecule has 4 nitrogen and oxygen atoms in total. The molecule has 1 aromatic rings. The van der Waals surface area contributed by atoms with Crippen LogP contribution in [0.3, 0.4) is 0 Å². The summed E-state index contributed by atoms with van der Waals surface area (Å²) in [6, 6.07) is 8.25. The van der Waals surface area contributed by atoms with E-state index in [1.807, 2.05) is 19.1 Å². The minimum Gasteiger partial charge on any atom is -0.328 e. The second-order valence-corrected chi connectivity index (χ2v) is 5.74. The number of anilines is 1. The molecule has 0 bridgehead atoms. The van der Waals surface area contributed by atoms with Crippen LogP contribution >= 0.6 is 12.4 Å². The van der Waals surface area contributed by atoms with Crippen molar-refractivity contribution in [2.45, 2.75) is 32.7 Å². The Balaban J connectivity index is 0.00000220. The van der Waals surface area contributed by atoms with Gasteiger partial charge in [0.2, 0.25) is 5.91 Å². The number of amides is 1. The Kier molecular flexibility index (Phi) is 7.15. The molecule has 0 aliphatic carbocycles. The number of nitrogens with zero attached hydrogens (tertiary/aromatic N) is 1. The molecule has 3 N–H and O–H groups in total. The summed E-state index contributed by atoms with van der Waals surface area (Å²) in [6.07, 6.45) is 2.11. The van der Waals surface area contributed by atoms with Crippen molar-refractivity contribution in [3.63, 3.8) is 0 Å². The van der Waals surface area contributed by atoms with Gasteiger partial charge in [-0.2, -0.15) is 0 Å². The van der Waals surface area contributed by atoms with Gasteiger partial charge in [0.1, 0.15) is 0 Å². The lowest BCUT2D eigenvalue weighted by molar-refractivity contribution is -0.117. The molecule has 2 rings (SSSR count). The van der Waals surface area contributed by atoms with Crippen LogP contribution in [-0.2, 0) is 11.2 Å². The number of aryl methyl sites for hydroxylation is 1. The van der Waals surface area contributed by atoms with Gasteiger partial charge >= 0.3 is 0 Å². The first-order chi connectivity index (χ1) is 9.58. The van der Waals surface area contributed by atoms with E-state index >= 15 is 0 Å².